The summed E-state index contributed by atoms with van der Waals surface area (Å²) < 4.78 is 11.9. The van der Waals surface area contributed by atoms with Crippen LogP contribution >= 0.6 is 0 Å². The van der Waals surface area contributed by atoms with E-state index in [0.717, 1.165) is 0 Å². The van der Waals surface area contributed by atoms with Gasteiger partial charge in [-0.3, -0.25) is 19.6 Å². The number of hydrogen-bond acceptors (Lipinski definition) is 6. The van der Waals surface area contributed by atoms with Gasteiger partial charge in [-0.2, -0.15) is 0 Å². The first-order valence-electron chi connectivity index (χ1n) is 8.26. The number of Topliss-reactive ketones (excluding diaryl/α,β-unsaturated/α-hetero) is 1. The van der Waals surface area contributed by atoms with Crippen molar-refractivity contribution in [2.75, 3.05) is 6.79 Å². The minimum absolute atomic E-state index is 0.0403. The Morgan fingerprint density at radius 1 is 1.04 bits per heavy atom. The van der Waals surface area contributed by atoms with E-state index in [4.69, 9.17) is 14.9 Å². The van der Waals surface area contributed by atoms with Gasteiger partial charge in [-0.15, -0.1) is 0 Å². The van der Waals surface area contributed by atoms with Gasteiger partial charge < -0.3 is 14.6 Å². The molecule has 7 heteroatoms. The molecule has 1 aromatic heterocycles. The Balaban J connectivity index is 1.95. The molecule has 2 heterocycles. The van der Waals surface area contributed by atoms with Gasteiger partial charge in [0.15, 0.2) is 23.1 Å². The first-order valence-corrected chi connectivity index (χ1v) is 8.26. The predicted octanol–water partition coefficient (Wildman–Crippen LogP) is 3.35. The fourth-order valence-electron chi connectivity index (χ4n) is 3.24. The number of hydrogen-bond donors (Lipinski definition) is 2. The van der Waals surface area contributed by atoms with Crippen LogP contribution in [-0.2, 0) is 0 Å². The first-order chi connectivity index (χ1) is 12.9. The van der Waals surface area contributed by atoms with Crippen molar-refractivity contribution >= 4 is 28.3 Å². The summed E-state index contributed by atoms with van der Waals surface area (Å²) >= 11 is 0. The number of carbonyl (C=O) groups excluding carboxylic acids is 2. The quantitative estimate of drug-likeness (QED) is 0.422. The zero-order chi connectivity index (χ0) is 19.3. The summed E-state index contributed by atoms with van der Waals surface area (Å²) in [5.74, 6) is 0.136. The lowest BCUT2D eigenvalue weighted by atomic mass is 10.00. The largest absolute Gasteiger partial charge is 0.494 e. The number of rotatable bonds is 3. The lowest BCUT2D eigenvalue weighted by molar-refractivity contribution is 0.101. The summed E-state index contributed by atoms with van der Waals surface area (Å²) in [5.41, 5.74) is 1.25. The molecule has 0 unspecified atom stereocenters. The highest BCUT2D eigenvalue weighted by Crippen LogP contribution is 2.37. The molecular formula is C20H16N2O5. The van der Waals surface area contributed by atoms with E-state index >= 15 is 0 Å². The van der Waals surface area contributed by atoms with Crippen molar-refractivity contribution in [1.82, 2.24) is 4.57 Å². The average Bonchev–Trinajstić information content (AvgIpc) is 3.20. The summed E-state index contributed by atoms with van der Waals surface area (Å²) in [6.45, 7) is 3.03. The number of carbonyl (C=O) groups is 2. The second-order valence-electron chi connectivity index (χ2n) is 6.30. The molecule has 0 saturated heterocycles. The molecule has 0 aliphatic carbocycles. The Morgan fingerprint density at radius 2 is 1.74 bits per heavy atom. The molecule has 0 spiro atoms. The van der Waals surface area contributed by atoms with Crippen molar-refractivity contribution in [2.45, 2.75) is 13.8 Å². The van der Waals surface area contributed by atoms with Crippen molar-refractivity contribution in [3.8, 4) is 17.4 Å². The Bertz CT molecular complexity index is 1140. The molecule has 1 aliphatic rings. The van der Waals surface area contributed by atoms with E-state index in [0.29, 0.717) is 33.5 Å². The summed E-state index contributed by atoms with van der Waals surface area (Å²) in [6, 6.07) is 9.58. The number of aromatic nitrogens is 1. The van der Waals surface area contributed by atoms with Crippen LogP contribution in [0.2, 0.25) is 0 Å². The molecule has 0 fully saturated rings. The summed E-state index contributed by atoms with van der Waals surface area (Å²) in [6.07, 6.45) is 0. The second-order valence-corrected chi connectivity index (χ2v) is 6.30. The highest BCUT2D eigenvalue weighted by Gasteiger charge is 2.26. The summed E-state index contributed by atoms with van der Waals surface area (Å²) in [7, 11) is 0. The van der Waals surface area contributed by atoms with Crippen LogP contribution in [0.15, 0.2) is 36.4 Å². The van der Waals surface area contributed by atoms with E-state index in [1.165, 1.54) is 18.4 Å². The molecule has 0 amide bonds. The average molecular weight is 364 g/mol. The van der Waals surface area contributed by atoms with Crippen molar-refractivity contribution in [3.63, 3.8) is 0 Å². The topological polar surface area (TPSA) is 102 Å². The highest BCUT2D eigenvalue weighted by atomic mass is 16.7. The molecule has 136 valence electrons. The number of ketones is 2. The molecule has 0 radical (unpaired) electrons. The van der Waals surface area contributed by atoms with Gasteiger partial charge in [0.1, 0.15) is 5.84 Å². The van der Waals surface area contributed by atoms with Gasteiger partial charge in [-0.1, -0.05) is 0 Å². The molecule has 1 aliphatic heterocycles. The Labute approximate surface area is 154 Å². The number of nitrogens with zero attached hydrogens (tertiary/aromatic N) is 1. The molecule has 7 nitrogen and oxygen atoms in total. The summed E-state index contributed by atoms with van der Waals surface area (Å²) in [4.78, 5) is 24.9. The van der Waals surface area contributed by atoms with Crippen LogP contribution in [0, 0.1) is 5.41 Å². The van der Waals surface area contributed by atoms with Crippen LogP contribution in [0.4, 0.5) is 0 Å². The number of fused-ring (bicyclic) bond motifs is 2. The van der Waals surface area contributed by atoms with Crippen LogP contribution in [0.25, 0.3) is 10.9 Å². The fraction of sp³-hybridized carbons (Fsp3) is 0.150. The van der Waals surface area contributed by atoms with E-state index < -0.39 is 5.78 Å². The summed E-state index contributed by atoms with van der Waals surface area (Å²) in [5, 5.41) is 19.1. The maximum absolute atomic E-state index is 13.2. The number of nitrogens with one attached hydrogen (secondary N) is 1. The fourth-order valence-corrected chi connectivity index (χ4v) is 3.24. The Hall–Kier alpha value is -3.61. The molecule has 27 heavy (non-hydrogen) atoms. The third-order valence-corrected chi connectivity index (χ3v) is 4.55. The molecule has 0 atom stereocenters. The van der Waals surface area contributed by atoms with E-state index in [1.807, 2.05) is 0 Å². The number of benzene rings is 2. The lowest BCUT2D eigenvalue weighted by Gasteiger charge is -2.04. The van der Waals surface area contributed by atoms with Crippen molar-refractivity contribution in [1.29, 1.82) is 5.41 Å². The smallest absolute Gasteiger partial charge is 0.231 e. The standard InChI is InChI=1S/C20H16N2O5/c1-10(23)12-3-5-15-14(7-12)18(20(25)22(15)11(2)21)19(24)13-4-6-16-17(8-13)27-9-26-16/h3-8,21,25H,9H2,1-2H3. The van der Waals surface area contributed by atoms with Crippen LogP contribution in [0.3, 0.4) is 0 Å². The minimum atomic E-state index is -0.434. The van der Waals surface area contributed by atoms with Crippen LogP contribution in [-0.4, -0.2) is 33.9 Å². The molecule has 4 rings (SSSR count). The van der Waals surface area contributed by atoms with Gasteiger partial charge in [0.25, 0.3) is 0 Å². The minimum Gasteiger partial charge on any atom is -0.494 e. The monoisotopic (exact) mass is 364 g/mol. The van der Waals surface area contributed by atoms with Gasteiger partial charge in [0, 0.05) is 16.5 Å². The Kier molecular flexibility index (Phi) is 3.73. The van der Waals surface area contributed by atoms with E-state index in [1.54, 1.807) is 36.4 Å². The SMILES string of the molecule is CC(=N)n1c(O)c(C(=O)c2ccc3c(c2)OCO3)c2cc(C(C)=O)ccc21. The van der Waals surface area contributed by atoms with Crippen molar-refractivity contribution < 1.29 is 24.2 Å². The zero-order valence-electron chi connectivity index (χ0n) is 14.7. The molecule has 2 N–H and O–H groups in total. The maximum atomic E-state index is 13.2. The normalized spacial score (nSPS) is 12.4. The van der Waals surface area contributed by atoms with Gasteiger partial charge >= 0.3 is 0 Å². The molecule has 0 bridgehead atoms. The lowest BCUT2D eigenvalue weighted by Crippen LogP contribution is -2.06. The third-order valence-electron chi connectivity index (χ3n) is 4.55. The second kappa shape index (κ2) is 5.98. The predicted molar refractivity (Wildman–Crippen MR) is 98.4 cm³/mol. The van der Waals surface area contributed by atoms with Gasteiger partial charge in [0.2, 0.25) is 12.7 Å². The van der Waals surface area contributed by atoms with E-state index in [2.05, 4.69) is 0 Å². The Morgan fingerprint density at radius 3 is 2.44 bits per heavy atom. The van der Waals surface area contributed by atoms with Gasteiger partial charge in [0.05, 0.1) is 11.1 Å². The molecule has 0 saturated carbocycles. The van der Waals surface area contributed by atoms with Crippen LogP contribution in [0.1, 0.15) is 40.1 Å². The maximum Gasteiger partial charge on any atom is 0.231 e. The van der Waals surface area contributed by atoms with E-state index in [-0.39, 0.29) is 29.9 Å². The molecule has 3 aromatic rings. The number of ether oxygens (including phenoxy) is 2. The highest BCUT2D eigenvalue weighted by molar-refractivity contribution is 6.20. The molecule has 2 aromatic carbocycles. The van der Waals surface area contributed by atoms with Gasteiger partial charge in [-0.05, 0) is 50.2 Å². The van der Waals surface area contributed by atoms with Crippen molar-refractivity contribution in [3.05, 3.63) is 53.1 Å². The zero-order valence-corrected chi connectivity index (χ0v) is 14.7. The third kappa shape index (κ3) is 2.55. The van der Waals surface area contributed by atoms with E-state index in [9.17, 15) is 14.7 Å². The van der Waals surface area contributed by atoms with Crippen LogP contribution in [0.5, 0.6) is 17.4 Å². The van der Waals surface area contributed by atoms with Crippen LogP contribution < -0.4 is 9.47 Å². The van der Waals surface area contributed by atoms with Crippen molar-refractivity contribution in [2.24, 2.45) is 0 Å². The molecular weight excluding hydrogens is 348 g/mol. The van der Waals surface area contributed by atoms with Gasteiger partial charge in [-0.25, -0.2) is 0 Å². The number of aromatic hydroxyl groups is 1. The first kappa shape index (κ1) is 16.8.